The van der Waals surface area contributed by atoms with Crippen LogP contribution >= 0.6 is 0 Å². The molecule has 0 saturated carbocycles. The Kier molecular flexibility index (Phi) is 3.34. The minimum absolute atomic E-state index is 0.137. The fraction of sp³-hybridized carbons (Fsp3) is 0.353. The molecule has 0 amide bonds. The minimum atomic E-state index is 0.137. The van der Waals surface area contributed by atoms with Crippen molar-refractivity contribution in [2.75, 3.05) is 13.1 Å². The minimum Gasteiger partial charge on any atom is -0.316 e. The van der Waals surface area contributed by atoms with Crippen LogP contribution in [0.5, 0.6) is 0 Å². The number of hydrogen-bond donors (Lipinski definition) is 1. The molecule has 0 bridgehead atoms. The zero-order valence-corrected chi connectivity index (χ0v) is 11.3. The summed E-state index contributed by atoms with van der Waals surface area (Å²) < 4.78 is 0. The fourth-order valence-electron chi connectivity index (χ4n) is 2.99. The lowest BCUT2D eigenvalue weighted by atomic mass is 9.86. The molecular weight excluding hydrogens is 234 g/mol. The van der Waals surface area contributed by atoms with E-state index in [0.717, 1.165) is 47.8 Å². The average Bonchev–Trinajstić information content (AvgIpc) is 2.47. The number of benzene rings is 2. The van der Waals surface area contributed by atoms with Crippen LogP contribution in [-0.4, -0.2) is 18.9 Å². The Hall–Kier alpha value is -1.67. The SMILES string of the molecule is Cc1ccc2ccccc2c1C(=O)C1CCCNC1. The van der Waals surface area contributed by atoms with Crippen molar-refractivity contribution in [2.45, 2.75) is 19.8 Å². The van der Waals surface area contributed by atoms with Crippen molar-refractivity contribution < 1.29 is 4.79 Å². The van der Waals surface area contributed by atoms with Crippen LogP contribution in [0.3, 0.4) is 0 Å². The van der Waals surface area contributed by atoms with E-state index in [2.05, 4.69) is 29.6 Å². The number of hydrogen-bond acceptors (Lipinski definition) is 2. The Labute approximate surface area is 113 Å². The van der Waals surface area contributed by atoms with Crippen molar-refractivity contribution in [3.8, 4) is 0 Å². The second-order valence-electron chi connectivity index (χ2n) is 5.39. The molecule has 1 heterocycles. The molecule has 1 unspecified atom stereocenters. The van der Waals surface area contributed by atoms with Gasteiger partial charge in [-0.1, -0.05) is 36.4 Å². The normalized spacial score (nSPS) is 19.5. The van der Waals surface area contributed by atoms with Gasteiger partial charge in [0.25, 0.3) is 0 Å². The number of Topliss-reactive ketones (excluding diaryl/α,β-unsaturated/α-hetero) is 1. The second kappa shape index (κ2) is 5.14. The zero-order chi connectivity index (χ0) is 13.2. The van der Waals surface area contributed by atoms with Crippen LogP contribution in [0.15, 0.2) is 36.4 Å². The molecule has 2 aromatic rings. The van der Waals surface area contributed by atoms with Crippen LogP contribution in [0.25, 0.3) is 10.8 Å². The van der Waals surface area contributed by atoms with Crippen molar-refractivity contribution in [1.29, 1.82) is 0 Å². The smallest absolute Gasteiger partial charge is 0.168 e. The molecule has 98 valence electrons. The van der Waals surface area contributed by atoms with Crippen LogP contribution < -0.4 is 5.32 Å². The van der Waals surface area contributed by atoms with Crippen molar-refractivity contribution in [3.05, 3.63) is 47.5 Å². The third kappa shape index (κ3) is 2.28. The topological polar surface area (TPSA) is 29.1 Å². The first-order valence-corrected chi connectivity index (χ1v) is 7.00. The Morgan fingerprint density at radius 3 is 2.84 bits per heavy atom. The van der Waals surface area contributed by atoms with Crippen LogP contribution in [-0.2, 0) is 0 Å². The highest BCUT2D eigenvalue weighted by Crippen LogP contribution is 2.26. The predicted molar refractivity (Wildman–Crippen MR) is 78.6 cm³/mol. The zero-order valence-electron chi connectivity index (χ0n) is 11.3. The summed E-state index contributed by atoms with van der Waals surface area (Å²) in [4.78, 5) is 12.8. The van der Waals surface area contributed by atoms with Gasteiger partial charge in [-0.05, 0) is 42.6 Å². The van der Waals surface area contributed by atoms with Gasteiger partial charge in [-0.2, -0.15) is 0 Å². The van der Waals surface area contributed by atoms with Gasteiger partial charge < -0.3 is 5.32 Å². The number of carbonyl (C=O) groups is 1. The predicted octanol–water partition coefficient (Wildman–Crippen LogP) is 3.33. The third-order valence-electron chi connectivity index (χ3n) is 4.05. The number of fused-ring (bicyclic) bond motifs is 1. The van der Waals surface area contributed by atoms with E-state index in [-0.39, 0.29) is 5.92 Å². The van der Waals surface area contributed by atoms with Crippen LogP contribution in [0.1, 0.15) is 28.8 Å². The largest absolute Gasteiger partial charge is 0.316 e. The summed E-state index contributed by atoms with van der Waals surface area (Å²) in [5.41, 5.74) is 2.01. The van der Waals surface area contributed by atoms with Gasteiger partial charge in [0.2, 0.25) is 0 Å². The molecule has 1 aliphatic heterocycles. The highest BCUT2D eigenvalue weighted by atomic mass is 16.1. The number of nitrogens with one attached hydrogen (secondary N) is 1. The molecule has 1 saturated heterocycles. The van der Waals surface area contributed by atoms with Crippen molar-refractivity contribution >= 4 is 16.6 Å². The van der Waals surface area contributed by atoms with Crippen molar-refractivity contribution in [2.24, 2.45) is 5.92 Å². The maximum atomic E-state index is 12.8. The van der Waals surface area contributed by atoms with Gasteiger partial charge in [0.05, 0.1) is 0 Å². The first-order valence-electron chi connectivity index (χ1n) is 7.00. The van der Waals surface area contributed by atoms with Crippen LogP contribution in [0.4, 0.5) is 0 Å². The average molecular weight is 253 g/mol. The summed E-state index contributed by atoms with van der Waals surface area (Å²) >= 11 is 0. The molecule has 2 heteroatoms. The summed E-state index contributed by atoms with van der Waals surface area (Å²) in [6.07, 6.45) is 2.11. The molecule has 1 atom stereocenters. The molecular formula is C17H19NO. The molecule has 2 aromatic carbocycles. The molecule has 1 fully saturated rings. The fourth-order valence-corrected chi connectivity index (χ4v) is 2.99. The van der Waals surface area contributed by atoms with Gasteiger partial charge in [-0.25, -0.2) is 0 Å². The van der Waals surface area contributed by atoms with E-state index in [4.69, 9.17) is 0 Å². The first kappa shape index (κ1) is 12.4. The van der Waals surface area contributed by atoms with Gasteiger partial charge >= 0.3 is 0 Å². The van der Waals surface area contributed by atoms with E-state index in [9.17, 15) is 4.79 Å². The molecule has 0 aliphatic carbocycles. The third-order valence-corrected chi connectivity index (χ3v) is 4.05. The van der Waals surface area contributed by atoms with Crippen LogP contribution in [0, 0.1) is 12.8 Å². The lowest BCUT2D eigenvalue weighted by Crippen LogP contribution is -2.34. The maximum Gasteiger partial charge on any atom is 0.168 e. The van der Waals surface area contributed by atoms with E-state index in [1.807, 2.05) is 19.1 Å². The standard InChI is InChI=1S/C17H19NO/c1-12-8-9-13-5-2-3-7-15(13)16(12)17(19)14-6-4-10-18-11-14/h2-3,5,7-9,14,18H,4,6,10-11H2,1H3. The van der Waals surface area contributed by atoms with Gasteiger partial charge in [0.15, 0.2) is 5.78 Å². The van der Waals surface area contributed by atoms with E-state index in [1.54, 1.807) is 0 Å². The lowest BCUT2D eigenvalue weighted by Gasteiger charge is -2.23. The Bertz CT molecular complexity index is 612. The van der Waals surface area contributed by atoms with E-state index in [0.29, 0.717) is 5.78 Å². The van der Waals surface area contributed by atoms with Gasteiger partial charge in [-0.15, -0.1) is 0 Å². The first-order chi connectivity index (χ1) is 9.27. The Morgan fingerprint density at radius 2 is 2.05 bits per heavy atom. The summed E-state index contributed by atoms with van der Waals surface area (Å²) in [7, 11) is 0. The van der Waals surface area contributed by atoms with Crippen molar-refractivity contribution in [1.82, 2.24) is 5.32 Å². The quantitative estimate of drug-likeness (QED) is 0.832. The maximum absolute atomic E-state index is 12.8. The van der Waals surface area contributed by atoms with Gasteiger partial charge in [-0.3, -0.25) is 4.79 Å². The number of piperidine rings is 1. The van der Waals surface area contributed by atoms with E-state index < -0.39 is 0 Å². The summed E-state index contributed by atoms with van der Waals surface area (Å²) in [6, 6.07) is 12.3. The Balaban J connectivity index is 2.08. The van der Waals surface area contributed by atoms with E-state index in [1.165, 1.54) is 0 Å². The number of aryl methyl sites for hydroxylation is 1. The number of rotatable bonds is 2. The highest BCUT2D eigenvalue weighted by Gasteiger charge is 2.24. The molecule has 1 aliphatic rings. The summed E-state index contributed by atoms with van der Waals surface area (Å²) in [6.45, 7) is 3.90. The van der Waals surface area contributed by atoms with Gasteiger partial charge in [0, 0.05) is 18.0 Å². The molecule has 3 rings (SSSR count). The van der Waals surface area contributed by atoms with E-state index >= 15 is 0 Å². The summed E-state index contributed by atoms with van der Waals surface area (Å²) in [5.74, 6) is 0.444. The molecule has 1 N–H and O–H groups in total. The molecule has 2 nitrogen and oxygen atoms in total. The molecule has 19 heavy (non-hydrogen) atoms. The monoisotopic (exact) mass is 253 g/mol. The van der Waals surface area contributed by atoms with Crippen LogP contribution in [0.2, 0.25) is 0 Å². The molecule has 0 aromatic heterocycles. The Morgan fingerprint density at radius 1 is 1.21 bits per heavy atom. The molecule has 0 radical (unpaired) electrons. The lowest BCUT2D eigenvalue weighted by molar-refractivity contribution is 0.0901. The highest BCUT2D eigenvalue weighted by molar-refractivity contribution is 6.10. The summed E-state index contributed by atoms with van der Waals surface area (Å²) in [5, 5.41) is 5.58. The number of carbonyl (C=O) groups excluding carboxylic acids is 1. The number of ketones is 1. The molecule has 0 spiro atoms. The van der Waals surface area contributed by atoms with Gasteiger partial charge in [0.1, 0.15) is 0 Å². The second-order valence-corrected chi connectivity index (χ2v) is 5.39. The van der Waals surface area contributed by atoms with Crippen molar-refractivity contribution in [3.63, 3.8) is 0 Å².